The molecule has 4 rings (SSSR count). The molecule has 30 heavy (non-hydrogen) atoms. The van der Waals surface area contributed by atoms with Crippen LogP contribution in [0.25, 0.3) is 0 Å². The minimum absolute atomic E-state index is 0.00343. The van der Waals surface area contributed by atoms with E-state index >= 15 is 0 Å². The number of hydrogen-bond donors (Lipinski definition) is 1. The summed E-state index contributed by atoms with van der Waals surface area (Å²) in [6.07, 6.45) is 8.08. The zero-order valence-corrected chi connectivity index (χ0v) is 17.7. The van der Waals surface area contributed by atoms with E-state index in [1.165, 1.54) is 12.8 Å². The third-order valence-electron chi connectivity index (χ3n) is 6.01. The highest BCUT2D eigenvalue weighted by Gasteiger charge is 2.20. The number of carbonyl (C=O) groups is 2. The zero-order chi connectivity index (χ0) is 20.9. The first-order valence-electron chi connectivity index (χ1n) is 11.0. The van der Waals surface area contributed by atoms with Crippen LogP contribution in [-0.2, 0) is 22.4 Å². The van der Waals surface area contributed by atoms with Crippen LogP contribution in [-0.4, -0.2) is 24.5 Å². The first kappa shape index (κ1) is 20.5. The van der Waals surface area contributed by atoms with Gasteiger partial charge in [-0.2, -0.15) is 0 Å². The van der Waals surface area contributed by atoms with E-state index in [1.807, 2.05) is 41.3 Å². The van der Waals surface area contributed by atoms with Gasteiger partial charge in [0.15, 0.2) is 0 Å². The van der Waals surface area contributed by atoms with Crippen molar-refractivity contribution >= 4 is 23.2 Å². The normalized spacial score (nSPS) is 16.2. The highest BCUT2D eigenvalue weighted by atomic mass is 16.5. The fourth-order valence-corrected chi connectivity index (χ4v) is 4.46. The lowest BCUT2D eigenvalue weighted by molar-refractivity contribution is -0.117. The van der Waals surface area contributed by atoms with Crippen LogP contribution in [0.1, 0.15) is 56.6 Å². The summed E-state index contributed by atoms with van der Waals surface area (Å²) in [5, 5.41) is 3.01. The number of anilines is 2. The molecule has 0 saturated heterocycles. The lowest BCUT2D eigenvalue weighted by Crippen LogP contribution is -2.33. The lowest BCUT2D eigenvalue weighted by atomic mass is 10.0. The summed E-state index contributed by atoms with van der Waals surface area (Å²) in [4.78, 5) is 26.1. The van der Waals surface area contributed by atoms with Crippen LogP contribution in [0, 0.1) is 0 Å². The van der Waals surface area contributed by atoms with E-state index in [-0.39, 0.29) is 11.8 Å². The molecule has 1 heterocycles. The van der Waals surface area contributed by atoms with Gasteiger partial charge in [-0.05, 0) is 86.4 Å². The van der Waals surface area contributed by atoms with Crippen LogP contribution in [0.15, 0.2) is 42.5 Å². The number of ether oxygens (including phenoxy) is 1. The average molecular weight is 407 g/mol. The minimum Gasteiger partial charge on any atom is -0.490 e. The number of amides is 2. The van der Waals surface area contributed by atoms with Crippen LogP contribution in [0.4, 0.5) is 11.4 Å². The number of nitrogens with one attached hydrogen (secondary N) is 1. The second-order valence-electron chi connectivity index (χ2n) is 8.34. The Bertz CT molecular complexity index is 918. The zero-order valence-electron chi connectivity index (χ0n) is 17.7. The van der Waals surface area contributed by atoms with E-state index in [0.29, 0.717) is 18.9 Å². The fourth-order valence-electron chi connectivity index (χ4n) is 4.46. The Balaban J connectivity index is 1.32. The molecule has 0 spiro atoms. The summed E-state index contributed by atoms with van der Waals surface area (Å²) < 4.78 is 6.07. The van der Waals surface area contributed by atoms with E-state index in [9.17, 15) is 9.59 Å². The van der Waals surface area contributed by atoms with Crippen LogP contribution in [0.5, 0.6) is 5.75 Å². The molecule has 2 aromatic rings. The summed E-state index contributed by atoms with van der Waals surface area (Å²) in [6.45, 7) is 2.36. The summed E-state index contributed by atoms with van der Waals surface area (Å²) in [5.41, 5.74) is 3.99. The quantitative estimate of drug-likeness (QED) is 0.744. The fraction of sp³-hybridized carbons (Fsp3) is 0.440. The Kier molecular flexibility index (Phi) is 6.36. The lowest BCUT2D eigenvalue weighted by Gasteiger charge is -2.29. The van der Waals surface area contributed by atoms with Crippen molar-refractivity contribution in [1.29, 1.82) is 0 Å². The van der Waals surface area contributed by atoms with Gasteiger partial charge in [0.05, 0.1) is 6.10 Å². The van der Waals surface area contributed by atoms with Gasteiger partial charge in [0.1, 0.15) is 5.75 Å². The summed E-state index contributed by atoms with van der Waals surface area (Å²) in [7, 11) is 0. The maximum atomic E-state index is 12.5. The predicted octanol–water partition coefficient (Wildman–Crippen LogP) is 4.88. The minimum atomic E-state index is -0.00343. The number of nitrogens with zero attached hydrogens (tertiary/aromatic N) is 1. The van der Waals surface area contributed by atoms with E-state index in [1.54, 1.807) is 6.92 Å². The molecule has 1 saturated carbocycles. The molecular weight excluding hydrogens is 376 g/mol. The molecule has 0 aromatic heterocycles. The average Bonchev–Trinajstić information content (AvgIpc) is 3.25. The number of carbonyl (C=O) groups excluding carboxylic acids is 2. The Morgan fingerprint density at radius 1 is 1.10 bits per heavy atom. The van der Waals surface area contributed by atoms with Crippen LogP contribution in [0.3, 0.4) is 0 Å². The molecule has 0 atom stereocenters. The Hall–Kier alpha value is -2.82. The molecule has 0 unspecified atom stereocenters. The van der Waals surface area contributed by atoms with Crippen LogP contribution < -0.4 is 15.0 Å². The van der Waals surface area contributed by atoms with Crippen molar-refractivity contribution in [2.75, 3.05) is 16.8 Å². The highest BCUT2D eigenvalue weighted by molar-refractivity contribution is 5.94. The van der Waals surface area contributed by atoms with Gasteiger partial charge in [-0.15, -0.1) is 0 Å². The maximum absolute atomic E-state index is 12.5. The Morgan fingerprint density at radius 2 is 1.93 bits per heavy atom. The van der Waals surface area contributed by atoms with E-state index in [0.717, 1.165) is 60.5 Å². The topological polar surface area (TPSA) is 58.6 Å². The van der Waals surface area contributed by atoms with Gasteiger partial charge in [-0.1, -0.05) is 12.1 Å². The van der Waals surface area contributed by atoms with Crippen molar-refractivity contribution in [1.82, 2.24) is 0 Å². The molecule has 2 amide bonds. The van der Waals surface area contributed by atoms with E-state index < -0.39 is 0 Å². The molecule has 0 bridgehead atoms. The molecular formula is C25H30N2O3. The van der Waals surface area contributed by atoms with Crippen molar-refractivity contribution in [2.24, 2.45) is 0 Å². The van der Waals surface area contributed by atoms with Crippen LogP contribution >= 0.6 is 0 Å². The molecule has 5 heteroatoms. The number of fused-ring (bicyclic) bond motifs is 1. The molecule has 1 fully saturated rings. The number of hydrogen-bond acceptors (Lipinski definition) is 3. The van der Waals surface area contributed by atoms with Crippen molar-refractivity contribution in [3.8, 4) is 5.75 Å². The highest BCUT2D eigenvalue weighted by Crippen LogP contribution is 2.30. The monoisotopic (exact) mass is 406 g/mol. The third-order valence-corrected chi connectivity index (χ3v) is 6.01. The van der Waals surface area contributed by atoms with Crippen LogP contribution in [0.2, 0.25) is 0 Å². The Morgan fingerprint density at radius 3 is 2.73 bits per heavy atom. The second kappa shape index (κ2) is 9.33. The maximum Gasteiger partial charge on any atom is 0.224 e. The van der Waals surface area contributed by atoms with Crippen molar-refractivity contribution < 1.29 is 14.3 Å². The summed E-state index contributed by atoms with van der Waals surface area (Å²) in [6, 6.07) is 13.9. The van der Waals surface area contributed by atoms with Crippen molar-refractivity contribution in [2.45, 2.75) is 64.4 Å². The summed E-state index contributed by atoms with van der Waals surface area (Å²) >= 11 is 0. The number of rotatable bonds is 6. The number of benzene rings is 2. The molecule has 5 nitrogen and oxygen atoms in total. The molecule has 1 aliphatic carbocycles. The molecule has 1 N–H and O–H groups in total. The van der Waals surface area contributed by atoms with Gasteiger partial charge in [-0.25, -0.2) is 0 Å². The van der Waals surface area contributed by atoms with Gasteiger partial charge in [0, 0.05) is 31.3 Å². The predicted molar refractivity (Wildman–Crippen MR) is 119 cm³/mol. The standard InChI is InChI=1S/C25H30N2O3/c1-18(28)27-15-5-7-20-17-21(12-13-24(20)27)26-25(29)14-11-19-6-4-10-23(16-19)30-22-8-2-3-9-22/h4,6,10,12-13,16-17,22H,2-3,5,7-9,11,14-15H2,1H3,(H,26,29). The molecule has 0 radical (unpaired) electrons. The first-order valence-corrected chi connectivity index (χ1v) is 11.0. The number of aryl methyl sites for hydroxylation is 2. The van der Waals surface area contributed by atoms with E-state index in [2.05, 4.69) is 11.4 Å². The third kappa shape index (κ3) is 5.02. The largest absolute Gasteiger partial charge is 0.490 e. The molecule has 158 valence electrons. The van der Waals surface area contributed by atoms with Gasteiger partial charge >= 0.3 is 0 Å². The summed E-state index contributed by atoms with van der Waals surface area (Å²) in [5.74, 6) is 0.965. The molecule has 2 aliphatic rings. The van der Waals surface area contributed by atoms with Gasteiger partial charge in [-0.3, -0.25) is 9.59 Å². The van der Waals surface area contributed by atoms with Crippen molar-refractivity contribution in [3.63, 3.8) is 0 Å². The SMILES string of the molecule is CC(=O)N1CCCc2cc(NC(=O)CCc3cccc(OC4CCCC4)c3)ccc21. The smallest absolute Gasteiger partial charge is 0.224 e. The second-order valence-corrected chi connectivity index (χ2v) is 8.34. The molecule has 1 aliphatic heterocycles. The van der Waals surface area contributed by atoms with Crippen molar-refractivity contribution in [3.05, 3.63) is 53.6 Å². The Labute approximate surface area is 178 Å². The van der Waals surface area contributed by atoms with Gasteiger partial charge in [0.2, 0.25) is 11.8 Å². The van der Waals surface area contributed by atoms with E-state index in [4.69, 9.17) is 4.74 Å². The first-order chi connectivity index (χ1) is 14.6. The molecule has 2 aromatic carbocycles. The van der Waals surface area contributed by atoms with Gasteiger partial charge in [0.25, 0.3) is 0 Å². The van der Waals surface area contributed by atoms with Gasteiger partial charge < -0.3 is 15.0 Å².